The van der Waals surface area contributed by atoms with Crippen molar-refractivity contribution in [3.63, 3.8) is 0 Å². The number of aliphatic hydroxyl groups excluding tert-OH is 1. The van der Waals surface area contributed by atoms with Crippen molar-refractivity contribution in [1.29, 1.82) is 0 Å². The average molecular weight is 97.1 g/mol. The third-order valence-corrected chi connectivity index (χ3v) is 1.04. The van der Waals surface area contributed by atoms with Gasteiger partial charge in [-0.15, -0.1) is 0 Å². The van der Waals surface area contributed by atoms with E-state index < -0.39 is 0 Å². The zero-order chi connectivity index (χ0) is 4.83. The van der Waals surface area contributed by atoms with Gasteiger partial charge in [0.05, 0.1) is 0 Å². The Morgan fingerprint density at radius 1 is 1.67 bits per heavy atom. The van der Waals surface area contributed by atoms with Crippen LogP contribution in [0.2, 0.25) is 0 Å². The molecule has 6 heavy (non-hydrogen) atoms. The number of rotatable bonds is 3. The molecule has 0 aliphatic heterocycles. The molecule has 0 aliphatic carbocycles. The maximum absolute atomic E-state index is 8.15. The number of aliphatic hydroxyl groups is 1. The van der Waals surface area contributed by atoms with Gasteiger partial charge >= 0.3 is 55.3 Å². The van der Waals surface area contributed by atoms with Crippen molar-refractivity contribution in [3.05, 3.63) is 0 Å². The first-order chi connectivity index (χ1) is 2.91. The van der Waals surface area contributed by atoms with Crippen LogP contribution in [0.4, 0.5) is 0 Å². The fourth-order valence-corrected chi connectivity index (χ4v) is 0.609. The second kappa shape index (κ2) is 5.92. The summed E-state index contributed by atoms with van der Waals surface area (Å²) < 4.78 is 1.08. The van der Waals surface area contributed by atoms with Crippen LogP contribution in [0.1, 0.15) is 0 Å². The molecule has 0 rings (SSSR count). The molecular weight excluding hydrogens is 89.0 g/mol. The van der Waals surface area contributed by atoms with Gasteiger partial charge in [-0.05, 0) is 0 Å². The first kappa shape index (κ1) is 6.92. The second-order valence-electron chi connectivity index (χ2n) is 1.08. The van der Waals surface area contributed by atoms with E-state index in [2.05, 4.69) is 5.32 Å². The summed E-state index contributed by atoms with van der Waals surface area (Å²) in [7, 11) is 0. The Hall–Kier alpha value is 0.920. The maximum atomic E-state index is 8.15. The zero-order valence-corrected chi connectivity index (χ0v) is 6.07. The normalized spacial score (nSPS) is 9.17. The molecule has 0 atom stereocenters. The summed E-state index contributed by atoms with van der Waals surface area (Å²) in [6.45, 7) is 1.02. The molecule has 0 aliphatic rings. The van der Waals surface area contributed by atoms with Crippen molar-refractivity contribution < 1.29 is 5.11 Å². The molecule has 0 fully saturated rings. The van der Waals surface area contributed by atoms with E-state index >= 15 is 0 Å². The van der Waals surface area contributed by atoms with Crippen LogP contribution in [0.3, 0.4) is 0 Å². The van der Waals surface area contributed by atoms with Crippen molar-refractivity contribution in [2.24, 2.45) is 0 Å². The van der Waals surface area contributed by atoms with E-state index in [0.29, 0.717) is 0 Å². The zero-order valence-electron chi connectivity index (χ0n) is 4.07. The summed E-state index contributed by atoms with van der Waals surface area (Å²) in [5, 5.41) is 11.2. The third kappa shape index (κ3) is 4.92. The Morgan fingerprint density at radius 3 is 2.50 bits per heavy atom. The molecule has 0 saturated heterocycles. The molecule has 0 radical (unpaired) electrons. The molecular formula is C3H8NNaO. The quantitative estimate of drug-likeness (QED) is 0.338. The summed E-state index contributed by atoms with van der Waals surface area (Å²) in [5.41, 5.74) is 0. The van der Waals surface area contributed by atoms with Gasteiger partial charge in [-0.1, -0.05) is 0 Å². The van der Waals surface area contributed by atoms with Crippen LogP contribution in [-0.4, -0.2) is 50.0 Å². The van der Waals surface area contributed by atoms with Crippen LogP contribution in [0.15, 0.2) is 0 Å². The molecule has 0 spiro atoms. The summed E-state index contributed by atoms with van der Waals surface area (Å²) in [4.78, 5) is 0. The van der Waals surface area contributed by atoms with Crippen LogP contribution in [0.5, 0.6) is 0 Å². The fourth-order valence-electron chi connectivity index (χ4n) is 0.256. The molecule has 0 unspecified atom stereocenters. The van der Waals surface area contributed by atoms with E-state index in [0.717, 1.165) is 10.3 Å². The van der Waals surface area contributed by atoms with Crippen LogP contribution in [-0.2, 0) is 0 Å². The van der Waals surface area contributed by atoms with Crippen molar-refractivity contribution >= 4 is 27.9 Å². The fraction of sp³-hybridized carbons (Fsp3) is 1.00. The molecule has 0 aromatic carbocycles. The van der Waals surface area contributed by atoms with Gasteiger partial charge in [0.25, 0.3) is 0 Å². The predicted octanol–water partition coefficient (Wildman–Crippen LogP) is -1.31. The molecule has 32 valence electrons. The average Bonchev–Trinajstić information content (AvgIpc) is 1.61. The van der Waals surface area contributed by atoms with E-state index in [1.165, 1.54) is 27.9 Å². The minimum atomic E-state index is 0.266. The predicted molar refractivity (Wildman–Crippen MR) is 25.7 cm³/mol. The summed E-state index contributed by atoms with van der Waals surface area (Å²) in [6.07, 6.45) is 0. The first-order valence-electron chi connectivity index (χ1n) is 2.23. The first-order valence-corrected chi connectivity index (χ1v) is 3.64. The standard InChI is InChI=1S/C3H8NO.Na/c1-4-2-3-5;/h4-5H,1-3H2;. The Bertz CT molecular complexity index is 22.8. The minimum absolute atomic E-state index is 0.266. The van der Waals surface area contributed by atoms with E-state index in [1.807, 2.05) is 0 Å². The van der Waals surface area contributed by atoms with Gasteiger partial charge in [-0.2, -0.15) is 0 Å². The van der Waals surface area contributed by atoms with E-state index in [9.17, 15) is 0 Å². The third-order valence-electron chi connectivity index (χ3n) is 0.539. The van der Waals surface area contributed by atoms with Gasteiger partial charge in [0.2, 0.25) is 0 Å². The molecule has 0 saturated carbocycles. The SMILES string of the molecule is OCCN[CH2][Na]. The molecule has 0 heterocycles. The second-order valence-corrected chi connectivity index (χ2v) is 1.78. The molecule has 0 aromatic rings. The number of nitrogens with one attached hydrogen (secondary N) is 1. The molecule has 3 heteroatoms. The Kier molecular flexibility index (Phi) is 6.83. The van der Waals surface area contributed by atoms with Crippen LogP contribution in [0, 0.1) is 0 Å². The van der Waals surface area contributed by atoms with Crippen LogP contribution >= 0.6 is 0 Å². The van der Waals surface area contributed by atoms with Crippen molar-refractivity contribution in [2.45, 2.75) is 0 Å². The number of hydrogen-bond acceptors (Lipinski definition) is 2. The molecule has 0 aromatic heterocycles. The van der Waals surface area contributed by atoms with Gasteiger partial charge in [0.1, 0.15) is 0 Å². The summed E-state index contributed by atoms with van der Waals surface area (Å²) in [6, 6.07) is 0. The monoisotopic (exact) mass is 97.1 g/mol. The van der Waals surface area contributed by atoms with E-state index in [1.54, 1.807) is 0 Å². The van der Waals surface area contributed by atoms with E-state index in [-0.39, 0.29) is 6.61 Å². The van der Waals surface area contributed by atoms with Crippen molar-refractivity contribution in [2.75, 3.05) is 16.9 Å². The van der Waals surface area contributed by atoms with Crippen LogP contribution < -0.4 is 5.32 Å². The molecule has 0 bridgehead atoms. The van der Waals surface area contributed by atoms with Crippen molar-refractivity contribution in [3.8, 4) is 0 Å². The van der Waals surface area contributed by atoms with Gasteiger partial charge in [-0.25, -0.2) is 0 Å². The molecule has 0 amide bonds. The van der Waals surface area contributed by atoms with Gasteiger partial charge in [0, 0.05) is 0 Å². The van der Waals surface area contributed by atoms with Crippen molar-refractivity contribution in [1.82, 2.24) is 5.32 Å². The number of hydrogen-bond donors (Lipinski definition) is 2. The Labute approximate surface area is 55.3 Å². The van der Waals surface area contributed by atoms with Gasteiger partial charge < -0.3 is 0 Å². The van der Waals surface area contributed by atoms with Gasteiger partial charge in [-0.3, -0.25) is 0 Å². The van der Waals surface area contributed by atoms with Gasteiger partial charge in [0.15, 0.2) is 0 Å². The molecule has 2 N–H and O–H groups in total. The van der Waals surface area contributed by atoms with E-state index in [4.69, 9.17) is 5.11 Å². The summed E-state index contributed by atoms with van der Waals surface area (Å²) >= 11 is 1.18. The topological polar surface area (TPSA) is 32.3 Å². The Balaban J connectivity index is 2.34. The van der Waals surface area contributed by atoms with Crippen LogP contribution in [0.25, 0.3) is 0 Å². The summed E-state index contributed by atoms with van der Waals surface area (Å²) in [5.74, 6) is 0. The molecule has 2 nitrogen and oxygen atoms in total. The Morgan fingerprint density at radius 2 is 2.33 bits per heavy atom.